The van der Waals surface area contributed by atoms with Crippen LogP contribution in [0.4, 0.5) is 0 Å². The van der Waals surface area contributed by atoms with E-state index in [1.54, 1.807) is 0 Å². The Morgan fingerprint density at radius 3 is 2.48 bits per heavy atom. The molecule has 0 amide bonds. The average molecular weight is 284 g/mol. The first-order valence-corrected chi connectivity index (χ1v) is 8.21. The Kier molecular flexibility index (Phi) is 5.35. The quantitative estimate of drug-likeness (QED) is 0.823. The van der Waals surface area contributed by atoms with E-state index in [0.717, 1.165) is 19.4 Å². The maximum Gasteiger partial charge on any atom is 0.0740 e. The van der Waals surface area contributed by atoms with Crippen LogP contribution in [0.3, 0.4) is 0 Å². The number of pyridine rings is 1. The van der Waals surface area contributed by atoms with Crippen LogP contribution >= 0.6 is 0 Å². The van der Waals surface area contributed by atoms with Crippen molar-refractivity contribution in [3.8, 4) is 0 Å². The first-order chi connectivity index (χ1) is 10.1. The lowest BCUT2D eigenvalue weighted by molar-refractivity contribution is 0.535. The van der Waals surface area contributed by atoms with Crippen molar-refractivity contribution in [2.45, 2.75) is 66.0 Å². The molecule has 21 heavy (non-hydrogen) atoms. The Labute approximate surface area is 129 Å². The zero-order valence-corrected chi connectivity index (χ0v) is 14.0. The minimum absolute atomic E-state index is 0.460. The summed E-state index contributed by atoms with van der Waals surface area (Å²) in [6.07, 6.45) is 2.18. The highest BCUT2D eigenvalue weighted by molar-refractivity contribution is 5.85. The van der Waals surface area contributed by atoms with Crippen LogP contribution in [-0.2, 0) is 13.0 Å². The molecular weight excluding hydrogens is 256 g/mol. The lowest BCUT2D eigenvalue weighted by Gasteiger charge is -2.16. The standard InChI is InChI=1S/C19H28N2/c1-6-14(5)20-12-16-11-18(13(3)4)21-19-15(7-2)9-8-10-17(16)19/h8-11,13-14,20H,6-7,12H2,1-5H3. The van der Waals surface area contributed by atoms with E-state index in [4.69, 9.17) is 4.98 Å². The SMILES string of the molecule is CCc1cccc2c(CNC(C)CC)cc(C(C)C)nc12. The number of nitrogens with one attached hydrogen (secondary N) is 1. The van der Waals surface area contributed by atoms with E-state index in [9.17, 15) is 0 Å². The Hall–Kier alpha value is -1.41. The van der Waals surface area contributed by atoms with E-state index in [2.05, 4.69) is 64.2 Å². The summed E-state index contributed by atoms with van der Waals surface area (Å²) in [5.74, 6) is 0.460. The van der Waals surface area contributed by atoms with E-state index in [0.29, 0.717) is 12.0 Å². The van der Waals surface area contributed by atoms with Crippen LogP contribution in [0.15, 0.2) is 24.3 Å². The molecule has 1 aromatic carbocycles. The van der Waals surface area contributed by atoms with E-state index in [1.807, 2.05) is 0 Å². The number of benzene rings is 1. The normalized spacial score (nSPS) is 13.0. The highest BCUT2D eigenvalue weighted by Gasteiger charge is 2.11. The number of rotatable bonds is 6. The molecule has 0 aliphatic heterocycles. The van der Waals surface area contributed by atoms with Crippen molar-refractivity contribution >= 4 is 10.9 Å². The molecule has 2 aromatic rings. The molecule has 1 aromatic heterocycles. The van der Waals surface area contributed by atoms with Crippen molar-refractivity contribution in [1.29, 1.82) is 0 Å². The summed E-state index contributed by atoms with van der Waals surface area (Å²) in [5.41, 5.74) is 5.11. The van der Waals surface area contributed by atoms with Gasteiger partial charge in [0.15, 0.2) is 0 Å². The van der Waals surface area contributed by atoms with Crippen molar-refractivity contribution in [2.75, 3.05) is 0 Å². The van der Waals surface area contributed by atoms with Gasteiger partial charge in [0.1, 0.15) is 0 Å². The smallest absolute Gasteiger partial charge is 0.0740 e. The van der Waals surface area contributed by atoms with Gasteiger partial charge in [-0.15, -0.1) is 0 Å². The van der Waals surface area contributed by atoms with E-state index in [1.165, 1.54) is 27.7 Å². The fraction of sp³-hybridized carbons (Fsp3) is 0.526. The number of aromatic nitrogens is 1. The molecule has 0 radical (unpaired) electrons. The second kappa shape index (κ2) is 7.04. The summed E-state index contributed by atoms with van der Waals surface area (Å²) in [6, 6.07) is 9.39. The molecule has 114 valence electrons. The molecule has 0 aliphatic carbocycles. The molecule has 0 aliphatic rings. The van der Waals surface area contributed by atoms with Crippen LogP contribution < -0.4 is 5.32 Å². The van der Waals surface area contributed by atoms with Gasteiger partial charge in [-0.1, -0.05) is 45.9 Å². The number of hydrogen-bond acceptors (Lipinski definition) is 2. The minimum atomic E-state index is 0.460. The highest BCUT2D eigenvalue weighted by atomic mass is 14.9. The van der Waals surface area contributed by atoms with Gasteiger partial charge in [-0.05, 0) is 42.9 Å². The van der Waals surface area contributed by atoms with Crippen LogP contribution in [0, 0.1) is 0 Å². The molecule has 0 saturated heterocycles. The number of nitrogens with zero attached hydrogens (tertiary/aromatic N) is 1. The lowest BCUT2D eigenvalue weighted by Crippen LogP contribution is -2.24. The molecule has 0 fully saturated rings. The summed E-state index contributed by atoms with van der Waals surface area (Å²) < 4.78 is 0. The van der Waals surface area contributed by atoms with Gasteiger partial charge in [0.2, 0.25) is 0 Å². The topological polar surface area (TPSA) is 24.9 Å². The highest BCUT2D eigenvalue weighted by Crippen LogP contribution is 2.25. The summed E-state index contributed by atoms with van der Waals surface area (Å²) in [6.45, 7) is 12.0. The van der Waals surface area contributed by atoms with Gasteiger partial charge in [-0.3, -0.25) is 4.98 Å². The van der Waals surface area contributed by atoms with E-state index < -0.39 is 0 Å². The molecule has 2 heteroatoms. The molecular formula is C19H28N2. The molecule has 1 unspecified atom stereocenters. The summed E-state index contributed by atoms with van der Waals surface area (Å²) >= 11 is 0. The predicted octanol–water partition coefficient (Wildman–Crippen LogP) is 4.81. The minimum Gasteiger partial charge on any atom is -0.310 e. The first kappa shape index (κ1) is 16.0. The predicted molar refractivity (Wildman–Crippen MR) is 91.8 cm³/mol. The van der Waals surface area contributed by atoms with Gasteiger partial charge < -0.3 is 5.32 Å². The van der Waals surface area contributed by atoms with Crippen molar-refractivity contribution in [3.05, 3.63) is 41.1 Å². The fourth-order valence-electron chi connectivity index (χ4n) is 2.56. The van der Waals surface area contributed by atoms with Gasteiger partial charge in [0.25, 0.3) is 0 Å². The number of para-hydroxylation sites is 1. The van der Waals surface area contributed by atoms with Crippen molar-refractivity contribution in [3.63, 3.8) is 0 Å². The Balaban J connectivity index is 2.50. The second-order valence-electron chi connectivity index (χ2n) is 6.22. The Bertz CT molecular complexity index is 602. The summed E-state index contributed by atoms with van der Waals surface area (Å²) in [4.78, 5) is 4.93. The first-order valence-electron chi connectivity index (χ1n) is 8.21. The summed E-state index contributed by atoms with van der Waals surface area (Å²) in [7, 11) is 0. The third-order valence-electron chi connectivity index (χ3n) is 4.25. The van der Waals surface area contributed by atoms with Crippen molar-refractivity contribution in [1.82, 2.24) is 10.3 Å². The third kappa shape index (κ3) is 3.62. The van der Waals surface area contributed by atoms with Gasteiger partial charge in [0.05, 0.1) is 5.52 Å². The van der Waals surface area contributed by atoms with Gasteiger partial charge >= 0.3 is 0 Å². The van der Waals surface area contributed by atoms with Crippen LogP contribution in [-0.4, -0.2) is 11.0 Å². The van der Waals surface area contributed by atoms with Gasteiger partial charge in [-0.25, -0.2) is 0 Å². The number of aryl methyl sites for hydroxylation is 1. The van der Waals surface area contributed by atoms with Crippen LogP contribution in [0.2, 0.25) is 0 Å². The van der Waals surface area contributed by atoms with Crippen LogP contribution in [0.1, 0.15) is 63.8 Å². The molecule has 2 rings (SSSR count). The average Bonchev–Trinajstić information content (AvgIpc) is 2.51. The molecule has 0 saturated carbocycles. The number of fused-ring (bicyclic) bond motifs is 1. The second-order valence-corrected chi connectivity index (χ2v) is 6.22. The zero-order valence-electron chi connectivity index (χ0n) is 14.0. The Morgan fingerprint density at radius 1 is 1.10 bits per heavy atom. The molecule has 1 heterocycles. The fourth-order valence-corrected chi connectivity index (χ4v) is 2.56. The number of hydrogen-bond donors (Lipinski definition) is 1. The maximum atomic E-state index is 4.93. The molecule has 0 bridgehead atoms. The molecule has 2 nitrogen and oxygen atoms in total. The molecule has 1 N–H and O–H groups in total. The van der Waals surface area contributed by atoms with E-state index in [-0.39, 0.29) is 0 Å². The van der Waals surface area contributed by atoms with Crippen LogP contribution in [0.25, 0.3) is 10.9 Å². The van der Waals surface area contributed by atoms with E-state index >= 15 is 0 Å². The molecule has 1 atom stereocenters. The van der Waals surface area contributed by atoms with Gasteiger partial charge in [0, 0.05) is 23.7 Å². The maximum absolute atomic E-state index is 4.93. The van der Waals surface area contributed by atoms with Gasteiger partial charge in [-0.2, -0.15) is 0 Å². The summed E-state index contributed by atoms with van der Waals surface area (Å²) in [5, 5.41) is 4.92. The third-order valence-corrected chi connectivity index (χ3v) is 4.25. The van der Waals surface area contributed by atoms with Crippen LogP contribution in [0.5, 0.6) is 0 Å². The monoisotopic (exact) mass is 284 g/mol. The van der Waals surface area contributed by atoms with Crippen molar-refractivity contribution < 1.29 is 0 Å². The largest absolute Gasteiger partial charge is 0.310 e. The molecule has 0 spiro atoms. The van der Waals surface area contributed by atoms with Crippen molar-refractivity contribution in [2.24, 2.45) is 0 Å². The Morgan fingerprint density at radius 2 is 1.86 bits per heavy atom. The lowest BCUT2D eigenvalue weighted by atomic mass is 9.99. The zero-order chi connectivity index (χ0) is 15.4.